The van der Waals surface area contributed by atoms with Gasteiger partial charge in [0.05, 0.1) is 19.2 Å². The lowest BCUT2D eigenvalue weighted by molar-refractivity contribution is -0.115. The number of aliphatic hydroxyl groups excluding tert-OH is 1. The Morgan fingerprint density at radius 1 is 1.09 bits per heavy atom. The maximum Gasteiger partial charge on any atom is 0.228 e. The van der Waals surface area contributed by atoms with E-state index in [0.717, 1.165) is 11.3 Å². The summed E-state index contributed by atoms with van der Waals surface area (Å²) in [5, 5.41) is 11.7. The van der Waals surface area contributed by atoms with E-state index in [1.54, 1.807) is 43.5 Å². The SMILES string of the molecule is COc1ccc(CC(=O)Nc2ccccc2C(=O)CO)cc1. The molecule has 2 N–H and O–H groups in total. The van der Waals surface area contributed by atoms with Crippen LogP contribution in [0.25, 0.3) is 0 Å². The number of rotatable bonds is 6. The average molecular weight is 299 g/mol. The molecular weight excluding hydrogens is 282 g/mol. The van der Waals surface area contributed by atoms with Gasteiger partial charge in [-0.15, -0.1) is 0 Å². The number of para-hydroxylation sites is 1. The highest BCUT2D eigenvalue weighted by atomic mass is 16.5. The summed E-state index contributed by atoms with van der Waals surface area (Å²) in [4.78, 5) is 23.7. The van der Waals surface area contributed by atoms with Crippen molar-refractivity contribution in [2.45, 2.75) is 6.42 Å². The van der Waals surface area contributed by atoms with E-state index in [0.29, 0.717) is 11.3 Å². The number of methoxy groups -OCH3 is 1. The first kappa shape index (κ1) is 15.7. The van der Waals surface area contributed by atoms with E-state index in [1.165, 1.54) is 0 Å². The van der Waals surface area contributed by atoms with Crippen LogP contribution in [0.4, 0.5) is 5.69 Å². The predicted molar refractivity (Wildman–Crippen MR) is 83.2 cm³/mol. The van der Waals surface area contributed by atoms with Gasteiger partial charge in [0.15, 0.2) is 5.78 Å². The van der Waals surface area contributed by atoms with Crippen LogP contribution in [0.2, 0.25) is 0 Å². The summed E-state index contributed by atoms with van der Waals surface area (Å²) in [5.74, 6) is 0.0618. The molecule has 0 spiro atoms. The van der Waals surface area contributed by atoms with E-state index in [4.69, 9.17) is 9.84 Å². The first-order chi connectivity index (χ1) is 10.6. The lowest BCUT2D eigenvalue weighted by atomic mass is 10.1. The summed E-state index contributed by atoms with van der Waals surface area (Å²) in [5.41, 5.74) is 1.54. The lowest BCUT2D eigenvalue weighted by Gasteiger charge is -2.10. The van der Waals surface area contributed by atoms with Crippen molar-refractivity contribution in [1.29, 1.82) is 0 Å². The van der Waals surface area contributed by atoms with Crippen LogP contribution >= 0.6 is 0 Å². The summed E-state index contributed by atoms with van der Waals surface area (Å²) in [6, 6.07) is 13.8. The number of ether oxygens (including phenoxy) is 1. The molecule has 0 aliphatic carbocycles. The van der Waals surface area contributed by atoms with E-state index in [2.05, 4.69) is 5.32 Å². The minimum absolute atomic E-state index is 0.186. The van der Waals surface area contributed by atoms with Crippen LogP contribution in [0.3, 0.4) is 0 Å². The second-order valence-corrected chi connectivity index (χ2v) is 4.70. The van der Waals surface area contributed by atoms with Gasteiger partial charge < -0.3 is 15.2 Å². The fourth-order valence-corrected chi connectivity index (χ4v) is 2.04. The molecule has 5 nitrogen and oxygen atoms in total. The van der Waals surface area contributed by atoms with Crippen molar-refractivity contribution in [2.75, 3.05) is 19.0 Å². The fraction of sp³-hybridized carbons (Fsp3) is 0.176. The van der Waals surface area contributed by atoms with Crippen LogP contribution in [0.15, 0.2) is 48.5 Å². The minimum Gasteiger partial charge on any atom is -0.497 e. The van der Waals surface area contributed by atoms with Gasteiger partial charge in [0.25, 0.3) is 0 Å². The highest BCUT2D eigenvalue weighted by Gasteiger charge is 2.12. The van der Waals surface area contributed by atoms with Gasteiger partial charge >= 0.3 is 0 Å². The van der Waals surface area contributed by atoms with Gasteiger partial charge in [0.1, 0.15) is 12.4 Å². The standard InChI is InChI=1S/C17H17NO4/c1-22-13-8-6-12(7-9-13)10-17(21)18-15-5-3-2-4-14(15)16(20)11-19/h2-9,19H,10-11H2,1H3,(H,18,21). The van der Waals surface area contributed by atoms with Crippen molar-refractivity contribution in [2.24, 2.45) is 0 Å². The normalized spacial score (nSPS) is 10.1. The molecule has 0 saturated carbocycles. The van der Waals surface area contributed by atoms with Crippen molar-refractivity contribution in [3.63, 3.8) is 0 Å². The Labute approximate surface area is 128 Å². The molecular formula is C17H17NO4. The van der Waals surface area contributed by atoms with Crippen LogP contribution in [0.5, 0.6) is 5.75 Å². The zero-order chi connectivity index (χ0) is 15.9. The van der Waals surface area contributed by atoms with Gasteiger partial charge in [0.2, 0.25) is 5.91 Å². The Hall–Kier alpha value is -2.66. The summed E-state index contributed by atoms with van der Waals surface area (Å²) < 4.78 is 5.06. The van der Waals surface area contributed by atoms with Gasteiger partial charge in [-0.3, -0.25) is 9.59 Å². The molecule has 0 heterocycles. The third-order valence-electron chi connectivity index (χ3n) is 3.17. The van der Waals surface area contributed by atoms with Gasteiger partial charge in [-0.1, -0.05) is 24.3 Å². The molecule has 0 fully saturated rings. The number of hydrogen-bond donors (Lipinski definition) is 2. The molecule has 0 aromatic heterocycles. The van der Waals surface area contributed by atoms with Gasteiger partial charge in [-0.2, -0.15) is 0 Å². The second kappa shape index (κ2) is 7.38. The van der Waals surface area contributed by atoms with E-state index in [9.17, 15) is 9.59 Å². The highest BCUT2D eigenvalue weighted by Crippen LogP contribution is 2.17. The molecule has 2 aromatic rings. The number of anilines is 1. The quantitative estimate of drug-likeness (QED) is 0.801. The van der Waals surface area contributed by atoms with Crippen LogP contribution in [-0.2, 0) is 11.2 Å². The van der Waals surface area contributed by atoms with Crippen LogP contribution in [0, 0.1) is 0 Å². The summed E-state index contributed by atoms with van der Waals surface area (Å²) in [6.07, 6.45) is 0.186. The third kappa shape index (κ3) is 3.93. The van der Waals surface area contributed by atoms with E-state index < -0.39 is 12.4 Å². The van der Waals surface area contributed by atoms with Crippen LogP contribution in [-0.4, -0.2) is 30.5 Å². The maximum absolute atomic E-state index is 12.1. The second-order valence-electron chi connectivity index (χ2n) is 4.70. The number of carbonyl (C=O) groups is 2. The zero-order valence-corrected chi connectivity index (χ0v) is 12.2. The molecule has 0 atom stereocenters. The summed E-state index contributed by atoms with van der Waals surface area (Å²) >= 11 is 0. The zero-order valence-electron chi connectivity index (χ0n) is 12.2. The maximum atomic E-state index is 12.1. The predicted octanol–water partition coefficient (Wildman–Crippen LogP) is 2.05. The van der Waals surface area contributed by atoms with Crippen LogP contribution < -0.4 is 10.1 Å². The highest BCUT2D eigenvalue weighted by molar-refractivity contribution is 6.05. The number of ketones is 1. The van der Waals surface area contributed by atoms with Gasteiger partial charge in [0, 0.05) is 5.56 Å². The van der Waals surface area contributed by atoms with E-state index in [-0.39, 0.29) is 12.3 Å². The van der Waals surface area contributed by atoms with Crippen molar-refractivity contribution in [3.05, 3.63) is 59.7 Å². The molecule has 0 radical (unpaired) electrons. The van der Waals surface area contributed by atoms with Crippen molar-refractivity contribution < 1.29 is 19.4 Å². The molecule has 0 saturated heterocycles. The smallest absolute Gasteiger partial charge is 0.228 e. The number of nitrogens with one attached hydrogen (secondary N) is 1. The average Bonchev–Trinajstić information content (AvgIpc) is 2.55. The molecule has 0 aliphatic rings. The Bertz CT molecular complexity index is 665. The number of aliphatic hydroxyl groups is 1. The minimum atomic E-state index is -0.592. The van der Waals surface area contributed by atoms with Gasteiger partial charge in [-0.25, -0.2) is 0 Å². The number of Topliss-reactive ketones (excluding diaryl/α,β-unsaturated/α-hetero) is 1. The topological polar surface area (TPSA) is 75.6 Å². The number of amides is 1. The molecule has 0 unspecified atom stereocenters. The largest absolute Gasteiger partial charge is 0.497 e. The van der Waals surface area contributed by atoms with Crippen molar-refractivity contribution >= 4 is 17.4 Å². The summed E-state index contributed by atoms with van der Waals surface area (Å²) in [6.45, 7) is -0.592. The molecule has 2 aromatic carbocycles. The Morgan fingerprint density at radius 3 is 2.41 bits per heavy atom. The molecule has 5 heteroatoms. The first-order valence-corrected chi connectivity index (χ1v) is 6.80. The van der Waals surface area contributed by atoms with Crippen LogP contribution in [0.1, 0.15) is 15.9 Å². The Balaban J connectivity index is 2.07. The third-order valence-corrected chi connectivity index (χ3v) is 3.17. The summed E-state index contributed by atoms with van der Waals surface area (Å²) in [7, 11) is 1.58. The van der Waals surface area contributed by atoms with E-state index >= 15 is 0 Å². The number of benzene rings is 2. The number of carbonyl (C=O) groups excluding carboxylic acids is 2. The molecule has 0 aliphatic heterocycles. The van der Waals surface area contributed by atoms with Gasteiger partial charge in [-0.05, 0) is 29.8 Å². The molecule has 22 heavy (non-hydrogen) atoms. The van der Waals surface area contributed by atoms with Crippen molar-refractivity contribution in [1.82, 2.24) is 0 Å². The monoisotopic (exact) mass is 299 g/mol. The lowest BCUT2D eigenvalue weighted by Crippen LogP contribution is -2.17. The first-order valence-electron chi connectivity index (χ1n) is 6.80. The van der Waals surface area contributed by atoms with Crippen molar-refractivity contribution in [3.8, 4) is 5.75 Å². The molecule has 1 amide bonds. The Morgan fingerprint density at radius 2 is 1.77 bits per heavy atom. The van der Waals surface area contributed by atoms with E-state index in [1.807, 2.05) is 12.1 Å². The molecule has 2 rings (SSSR count). The Kier molecular flexibility index (Phi) is 5.27. The molecule has 114 valence electrons. The number of hydrogen-bond acceptors (Lipinski definition) is 4. The molecule has 0 bridgehead atoms. The fourth-order valence-electron chi connectivity index (χ4n) is 2.04.